The smallest absolute Gasteiger partial charge is 0.161 e. The van der Waals surface area contributed by atoms with Gasteiger partial charge in [-0.25, -0.2) is 0 Å². The zero-order valence-corrected chi connectivity index (χ0v) is 8.69. The Bertz CT molecular complexity index is 383. The van der Waals surface area contributed by atoms with Gasteiger partial charge in [0.05, 0.1) is 6.61 Å². The molecule has 1 aliphatic rings. The second-order valence-corrected chi connectivity index (χ2v) is 3.47. The zero-order valence-electron chi connectivity index (χ0n) is 8.69. The molecule has 0 spiro atoms. The summed E-state index contributed by atoms with van der Waals surface area (Å²) in [6.45, 7) is 0.977. The molecule has 15 heavy (non-hydrogen) atoms. The molecule has 3 nitrogen and oxygen atoms in total. The summed E-state index contributed by atoms with van der Waals surface area (Å²) < 4.78 is 10.3. The van der Waals surface area contributed by atoms with E-state index in [0.717, 1.165) is 12.0 Å². The molecule has 0 saturated heterocycles. The molecule has 1 aromatic carbocycles. The number of allylic oxidation sites excluding steroid dienone is 1. The van der Waals surface area contributed by atoms with Gasteiger partial charge in [-0.05, 0) is 29.7 Å². The predicted octanol–water partition coefficient (Wildman–Crippen LogP) is 1.99. The Kier molecular flexibility index (Phi) is 2.92. The fourth-order valence-electron chi connectivity index (χ4n) is 1.62. The highest BCUT2D eigenvalue weighted by Gasteiger charge is 2.11. The predicted molar refractivity (Wildman–Crippen MR) is 58.2 cm³/mol. The van der Waals surface area contributed by atoms with Gasteiger partial charge in [0.25, 0.3) is 0 Å². The van der Waals surface area contributed by atoms with Gasteiger partial charge in [-0.1, -0.05) is 12.2 Å². The molecule has 0 amide bonds. The number of fused-ring (bicyclic) bond motifs is 1. The summed E-state index contributed by atoms with van der Waals surface area (Å²) in [6, 6.07) is 3.63. The van der Waals surface area contributed by atoms with Crippen LogP contribution >= 0.6 is 0 Å². The minimum Gasteiger partial charge on any atom is -0.504 e. The van der Waals surface area contributed by atoms with Crippen LogP contribution in [0.25, 0.3) is 6.08 Å². The third-order valence-electron chi connectivity index (χ3n) is 2.40. The molecular formula is C12H14O3. The summed E-state index contributed by atoms with van der Waals surface area (Å²) in [5, 5.41) is 9.67. The average molecular weight is 206 g/mol. The van der Waals surface area contributed by atoms with E-state index in [1.165, 1.54) is 5.56 Å². The highest BCUT2D eigenvalue weighted by atomic mass is 16.5. The van der Waals surface area contributed by atoms with E-state index in [9.17, 15) is 5.11 Å². The molecule has 2 rings (SSSR count). The van der Waals surface area contributed by atoms with E-state index < -0.39 is 0 Å². The third-order valence-corrected chi connectivity index (χ3v) is 2.40. The van der Waals surface area contributed by atoms with Crippen LogP contribution in [0.15, 0.2) is 18.2 Å². The monoisotopic (exact) mass is 206 g/mol. The van der Waals surface area contributed by atoms with Crippen LogP contribution in [0.3, 0.4) is 0 Å². The number of rotatable bonds is 4. The normalized spacial score (nSPS) is 12.9. The molecule has 0 fully saturated rings. The highest BCUT2D eigenvalue weighted by molar-refractivity contribution is 5.64. The lowest BCUT2D eigenvalue weighted by Crippen LogP contribution is -2.04. The average Bonchev–Trinajstić information content (AvgIpc) is 2.65. The van der Waals surface area contributed by atoms with E-state index in [2.05, 4.69) is 6.08 Å². The number of methoxy groups -OCH3 is 1. The molecule has 0 radical (unpaired) electrons. The van der Waals surface area contributed by atoms with Crippen molar-refractivity contribution in [3.63, 3.8) is 0 Å². The molecule has 1 aromatic rings. The van der Waals surface area contributed by atoms with Crippen LogP contribution in [0.5, 0.6) is 11.5 Å². The number of ether oxygens (including phenoxy) is 2. The number of aromatic hydroxyl groups is 1. The van der Waals surface area contributed by atoms with E-state index in [1.807, 2.05) is 12.1 Å². The van der Waals surface area contributed by atoms with Gasteiger partial charge in [0.2, 0.25) is 0 Å². The molecule has 0 unspecified atom stereocenters. The molecule has 0 aliphatic heterocycles. The van der Waals surface area contributed by atoms with Crippen molar-refractivity contribution in [3.8, 4) is 11.5 Å². The van der Waals surface area contributed by atoms with Crippen LogP contribution < -0.4 is 4.74 Å². The lowest BCUT2D eigenvalue weighted by Gasteiger charge is -2.09. The van der Waals surface area contributed by atoms with Gasteiger partial charge >= 0.3 is 0 Å². The summed E-state index contributed by atoms with van der Waals surface area (Å²) in [4.78, 5) is 0. The van der Waals surface area contributed by atoms with Gasteiger partial charge in [0, 0.05) is 7.11 Å². The van der Waals surface area contributed by atoms with Gasteiger partial charge in [-0.3, -0.25) is 0 Å². The summed E-state index contributed by atoms with van der Waals surface area (Å²) in [6.07, 6.45) is 4.99. The minimum absolute atomic E-state index is 0.191. The van der Waals surface area contributed by atoms with E-state index in [-0.39, 0.29) is 5.75 Å². The summed E-state index contributed by atoms with van der Waals surface area (Å²) in [5.41, 5.74) is 2.27. The van der Waals surface area contributed by atoms with Crippen LogP contribution in [0.2, 0.25) is 0 Å². The van der Waals surface area contributed by atoms with Crippen molar-refractivity contribution in [2.45, 2.75) is 6.42 Å². The molecule has 1 aliphatic carbocycles. The standard InChI is InChI=1S/C12H14O3/c1-14-5-6-15-12-8-10-4-2-3-9(10)7-11(12)13/h2-3,7-8,13H,4-6H2,1H3. The first-order valence-electron chi connectivity index (χ1n) is 4.95. The minimum atomic E-state index is 0.191. The topological polar surface area (TPSA) is 38.7 Å². The lowest BCUT2D eigenvalue weighted by molar-refractivity contribution is 0.144. The van der Waals surface area contributed by atoms with E-state index in [4.69, 9.17) is 9.47 Å². The van der Waals surface area contributed by atoms with Gasteiger partial charge in [-0.2, -0.15) is 0 Å². The Labute approximate surface area is 88.9 Å². The molecule has 1 N–H and O–H groups in total. The van der Waals surface area contributed by atoms with E-state index >= 15 is 0 Å². The van der Waals surface area contributed by atoms with Crippen molar-refractivity contribution < 1.29 is 14.6 Å². The SMILES string of the molecule is COCCOc1cc2c(cc1O)C=CC2. The number of benzene rings is 1. The first-order valence-corrected chi connectivity index (χ1v) is 4.95. The molecule has 0 atom stereocenters. The van der Waals surface area contributed by atoms with Crippen LogP contribution in [0.4, 0.5) is 0 Å². The van der Waals surface area contributed by atoms with Crippen molar-refractivity contribution >= 4 is 6.08 Å². The molecule has 0 saturated carbocycles. The molecule has 3 heteroatoms. The fraction of sp³-hybridized carbons (Fsp3) is 0.333. The van der Waals surface area contributed by atoms with Crippen molar-refractivity contribution in [2.75, 3.05) is 20.3 Å². The lowest BCUT2D eigenvalue weighted by atomic mass is 10.1. The van der Waals surface area contributed by atoms with E-state index in [1.54, 1.807) is 13.2 Å². The Balaban J connectivity index is 2.12. The summed E-state index contributed by atoms with van der Waals surface area (Å²) in [7, 11) is 1.62. The largest absolute Gasteiger partial charge is 0.504 e. The van der Waals surface area contributed by atoms with Crippen molar-refractivity contribution in [2.24, 2.45) is 0 Å². The number of hydrogen-bond donors (Lipinski definition) is 1. The molecular weight excluding hydrogens is 192 g/mol. The Morgan fingerprint density at radius 3 is 3.00 bits per heavy atom. The highest BCUT2D eigenvalue weighted by Crippen LogP contribution is 2.33. The van der Waals surface area contributed by atoms with Gasteiger partial charge in [0.1, 0.15) is 6.61 Å². The Hall–Kier alpha value is -1.48. The molecule has 0 aromatic heterocycles. The van der Waals surface area contributed by atoms with E-state index in [0.29, 0.717) is 19.0 Å². The quantitative estimate of drug-likeness (QED) is 0.766. The number of hydrogen-bond acceptors (Lipinski definition) is 3. The second-order valence-electron chi connectivity index (χ2n) is 3.47. The maximum absolute atomic E-state index is 9.67. The fourth-order valence-corrected chi connectivity index (χ4v) is 1.62. The van der Waals surface area contributed by atoms with Crippen LogP contribution in [0, 0.1) is 0 Å². The number of phenolic OH excluding ortho intramolecular Hbond substituents is 1. The number of phenols is 1. The van der Waals surface area contributed by atoms with Crippen molar-refractivity contribution in [3.05, 3.63) is 29.3 Å². The zero-order chi connectivity index (χ0) is 10.7. The maximum atomic E-state index is 9.67. The maximum Gasteiger partial charge on any atom is 0.161 e. The van der Waals surface area contributed by atoms with Crippen molar-refractivity contribution in [1.82, 2.24) is 0 Å². The first kappa shape index (κ1) is 10.1. The molecule has 0 heterocycles. The van der Waals surface area contributed by atoms with Crippen LogP contribution in [-0.4, -0.2) is 25.4 Å². The molecule has 80 valence electrons. The third kappa shape index (κ3) is 2.13. The molecule has 0 bridgehead atoms. The van der Waals surface area contributed by atoms with Gasteiger partial charge < -0.3 is 14.6 Å². The first-order chi connectivity index (χ1) is 7.31. The summed E-state index contributed by atoms with van der Waals surface area (Å²) >= 11 is 0. The van der Waals surface area contributed by atoms with Crippen molar-refractivity contribution in [1.29, 1.82) is 0 Å². The van der Waals surface area contributed by atoms with Gasteiger partial charge in [0.15, 0.2) is 11.5 Å². The van der Waals surface area contributed by atoms with Gasteiger partial charge in [-0.15, -0.1) is 0 Å². The summed E-state index contributed by atoms with van der Waals surface area (Å²) in [5.74, 6) is 0.728. The Morgan fingerprint density at radius 1 is 1.33 bits per heavy atom. The van der Waals surface area contributed by atoms with Crippen LogP contribution in [-0.2, 0) is 11.2 Å². The van der Waals surface area contributed by atoms with Crippen LogP contribution in [0.1, 0.15) is 11.1 Å². The Morgan fingerprint density at radius 2 is 2.20 bits per heavy atom. The second kappa shape index (κ2) is 4.36.